The maximum absolute atomic E-state index is 11.2. The van der Waals surface area contributed by atoms with E-state index in [1.807, 2.05) is 0 Å². The molecule has 1 N–H and O–H groups in total. The molecule has 1 aromatic heterocycles. The summed E-state index contributed by atoms with van der Waals surface area (Å²) >= 11 is 0. The zero-order valence-electron chi connectivity index (χ0n) is 13.1. The van der Waals surface area contributed by atoms with Crippen molar-refractivity contribution in [3.05, 3.63) is 29.6 Å². The predicted octanol–water partition coefficient (Wildman–Crippen LogP) is 2.81. The first-order valence-corrected chi connectivity index (χ1v) is 7.33. The second-order valence-corrected chi connectivity index (χ2v) is 5.70. The monoisotopic (exact) mass is 289 g/mol. The van der Waals surface area contributed by atoms with E-state index in [1.54, 1.807) is 18.2 Å². The molecule has 0 fully saturated rings. The molecule has 0 spiro atoms. The number of rotatable bonds is 6. The van der Waals surface area contributed by atoms with E-state index in [9.17, 15) is 9.90 Å². The van der Waals surface area contributed by atoms with Crippen molar-refractivity contribution in [2.75, 3.05) is 20.6 Å². The maximum atomic E-state index is 11.2. The molecule has 5 nitrogen and oxygen atoms in total. The van der Waals surface area contributed by atoms with Gasteiger partial charge < -0.3 is 14.6 Å². The smallest absolute Gasteiger partial charge is 0.335 e. The molecule has 0 amide bonds. The molecular formula is C16H23N3O2. The SMILES string of the molecule is CCc1nc2ccc(C(=O)O)cc2n1C(C)CCN(C)C. The van der Waals surface area contributed by atoms with E-state index in [2.05, 4.69) is 42.4 Å². The van der Waals surface area contributed by atoms with Crippen LogP contribution in [0.2, 0.25) is 0 Å². The molecule has 0 bridgehead atoms. The number of carbonyl (C=O) groups is 1. The van der Waals surface area contributed by atoms with Crippen LogP contribution in [0.1, 0.15) is 42.5 Å². The van der Waals surface area contributed by atoms with Crippen molar-refractivity contribution in [1.29, 1.82) is 0 Å². The molecule has 0 saturated heterocycles. The van der Waals surface area contributed by atoms with Crippen LogP contribution < -0.4 is 0 Å². The minimum absolute atomic E-state index is 0.288. The van der Waals surface area contributed by atoms with E-state index in [-0.39, 0.29) is 6.04 Å². The van der Waals surface area contributed by atoms with Crippen molar-refractivity contribution in [3.63, 3.8) is 0 Å². The summed E-state index contributed by atoms with van der Waals surface area (Å²) in [6.45, 7) is 5.23. The molecule has 5 heteroatoms. The molecule has 0 aliphatic heterocycles. The van der Waals surface area contributed by atoms with E-state index >= 15 is 0 Å². The molecule has 0 radical (unpaired) electrons. The van der Waals surface area contributed by atoms with E-state index in [1.165, 1.54) is 0 Å². The lowest BCUT2D eigenvalue weighted by Crippen LogP contribution is -2.18. The van der Waals surface area contributed by atoms with Gasteiger partial charge in [0.25, 0.3) is 0 Å². The average molecular weight is 289 g/mol. The van der Waals surface area contributed by atoms with Gasteiger partial charge >= 0.3 is 5.97 Å². The van der Waals surface area contributed by atoms with E-state index < -0.39 is 5.97 Å². The molecule has 0 saturated carbocycles. The fraction of sp³-hybridized carbons (Fsp3) is 0.500. The van der Waals surface area contributed by atoms with Gasteiger partial charge in [0.2, 0.25) is 0 Å². The van der Waals surface area contributed by atoms with Crippen LogP contribution in [0.15, 0.2) is 18.2 Å². The Labute approximate surface area is 125 Å². The first-order chi connectivity index (χ1) is 9.93. The van der Waals surface area contributed by atoms with Crippen LogP contribution in [0, 0.1) is 0 Å². The molecule has 1 heterocycles. The van der Waals surface area contributed by atoms with Gasteiger partial charge in [0.15, 0.2) is 0 Å². The molecule has 1 atom stereocenters. The summed E-state index contributed by atoms with van der Waals surface area (Å²) in [5.41, 5.74) is 2.10. The highest BCUT2D eigenvalue weighted by Gasteiger charge is 2.16. The van der Waals surface area contributed by atoms with Gasteiger partial charge in [0.1, 0.15) is 5.82 Å². The number of aromatic nitrogens is 2. The van der Waals surface area contributed by atoms with E-state index in [4.69, 9.17) is 0 Å². The Hall–Kier alpha value is -1.88. The molecule has 2 rings (SSSR count). The van der Waals surface area contributed by atoms with Crippen LogP contribution in [0.3, 0.4) is 0 Å². The number of aromatic carboxylic acids is 1. The zero-order valence-corrected chi connectivity index (χ0v) is 13.1. The van der Waals surface area contributed by atoms with Gasteiger partial charge in [-0.1, -0.05) is 6.92 Å². The summed E-state index contributed by atoms with van der Waals surface area (Å²) in [6, 6.07) is 5.44. The Morgan fingerprint density at radius 1 is 1.43 bits per heavy atom. The van der Waals surface area contributed by atoms with Gasteiger partial charge in [-0.15, -0.1) is 0 Å². The third-order valence-electron chi connectivity index (χ3n) is 3.76. The molecule has 114 valence electrons. The predicted molar refractivity (Wildman–Crippen MR) is 84.0 cm³/mol. The lowest BCUT2D eigenvalue weighted by atomic mass is 10.1. The molecule has 1 unspecified atom stereocenters. The number of nitrogens with zero attached hydrogens (tertiary/aromatic N) is 3. The highest BCUT2D eigenvalue weighted by atomic mass is 16.4. The van der Waals surface area contributed by atoms with Crippen molar-refractivity contribution in [1.82, 2.24) is 14.5 Å². The van der Waals surface area contributed by atoms with Gasteiger partial charge in [-0.2, -0.15) is 0 Å². The Morgan fingerprint density at radius 2 is 2.14 bits per heavy atom. The Bertz CT molecular complexity index is 646. The van der Waals surface area contributed by atoms with Gasteiger partial charge in [-0.25, -0.2) is 9.78 Å². The Balaban J connectivity index is 2.47. The third-order valence-corrected chi connectivity index (χ3v) is 3.76. The Morgan fingerprint density at radius 3 is 2.71 bits per heavy atom. The van der Waals surface area contributed by atoms with Gasteiger partial charge in [0, 0.05) is 12.5 Å². The standard InChI is InChI=1S/C16H23N3O2/c1-5-15-17-13-7-6-12(16(20)21)10-14(13)19(15)11(2)8-9-18(3)4/h6-7,10-11H,5,8-9H2,1-4H3,(H,20,21). The number of benzene rings is 1. The maximum Gasteiger partial charge on any atom is 0.335 e. The fourth-order valence-corrected chi connectivity index (χ4v) is 2.59. The number of imidazole rings is 1. The van der Waals surface area contributed by atoms with E-state index in [0.717, 1.165) is 36.2 Å². The van der Waals surface area contributed by atoms with Crippen LogP contribution in [-0.4, -0.2) is 46.2 Å². The van der Waals surface area contributed by atoms with Crippen molar-refractivity contribution in [3.8, 4) is 0 Å². The van der Waals surface area contributed by atoms with E-state index in [0.29, 0.717) is 5.56 Å². The van der Waals surface area contributed by atoms with Gasteiger partial charge in [-0.05, 0) is 52.2 Å². The molecular weight excluding hydrogens is 266 g/mol. The normalized spacial score (nSPS) is 13.0. The average Bonchev–Trinajstić information content (AvgIpc) is 2.82. The Kier molecular flexibility index (Phi) is 4.63. The zero-order chi connectivity index (χ0) is 15.6. The number of fused-ring (bicyclic) bond motifs is 1. The highest BCUT2D eigenvalue weighted by Crippen LogP contribution is 2.24. The summed E-state index contributed by atoms with van der Waals surface area (Å²) < 4.78 is 2.19. The number of carboxylic acid groups (broad SMARTS) is 1. The van der Waals surface area contributed by atoms with Crippen LogP contribution in [0.25, 0.3) is 11.0 Å². The second kappa shape index (κ2) is 6.26. The quantitative estimate of drug-likeness (QED) is 0.888. The summed E-state index contributed by atoms with van der Waals surface area (Å²) in [4.78, 5) is 18.0. The van der Waals surface area contributed by atoms with Gasteiger partial charge in [0.05, 0.1) is 16.6 Å². The first-order valence-electron chi connectivity index (χ1n) is 7.33. The second-order valence-electron chi connectivity index (χ2n) is 5.70. The van der Waals surface area contributed by atoms with Crippen LogP contribution in [-0.2, 0) is 6.42 Å². The lowest BCUT2D eigenvalue weighted by molar-refractivity contribution is 0.0697. The molecule has 0 aliphatic rings. The number of aryl methyl sites for hydroxylation is 1. The van der Waals surface area contributed by atoms with Crippen molar-refractivity contribution in [2.24, 2.45) is 0 Å². The largest absolute Gasteiger partial charge is 0.478 e. The van der Waals surface area contributed by atoms with Crippen LogP contribution in [0.5, 0.6) is 0 Å². The highest BCUT2D eigenvalue weighted by molar-refractivity contribution is 5.92. The number of carboxylic acids is 1. The fourth-order valence-electron chi connectivity index (χ4n) is 2.59. The first kappa shape index (κ1) is 15.5. The van der Waals surface area contributed by atoms with Crippen molar-refractivity contribution in [2.45, 2.75) is 32.7 Å². The van der Waals surface area contributed by atoms with Crippen LogP contribution in [0.4, 0.5) is 0 Å². The molecule has 1 aromatic carbocycles. The minimum atomic E-state index is -0.899. The lowest BCUT2D eigenvalue weighted by Gasteiger charge is -2.19. The number of hydrogen-bond acceptors (Lipinski definition) is 3. The third kappa shape index (κ3) is 3.24. The van der Waals surface area contributed by atoms with Crippen molar-refractivity contribution < 1.29 is 9.90 Å². The number of hydrogen-bond donors (Lipinski definition) is 1. The molecule has 2 aromatic rings. The summed E-state index contributed by atoms with van der Waals surface area (Å²) in [7, 11) is 4.12. The van der Waals surface area contributed by atoms with Gasteiger partial charge in [-0.3, -0.25) is 0 Å². The van der Waals surface area contributed by atoms with Crippen molar-refractivity contribution >= 4 is 17.0 Å². The minimum Gasteiger partial charge on any atom is -0.478 e. The summed E-state index contributed by atoms with van der Waals surface area (Å²) in [5, 5.41) is 9.18. The molecule has 0 aliphatic carbocycles. The van der Waals surface area contributed by atoms with Crippen LogP contribution >= 0.6 is 0 Å². The topological polar surface area (TPSA) is 58.4 Å². The summed E-state index contributed by atoms with van der Waals surface area (Å²) in [5.74, 6) is 0.113. The molecule has 21 heavy (non-hydrogen) atoms. The summed E-state index contributed by atoms with van der Waals surface area (Å²) in [6.07, 6.45) is 1.84.